The van der Waals surface area contributed by atoms with Crippen LogP contribution in [0, 0.1) is 0 Å². The molecular weight excluding hydrogens is 478 g/mol. The van der Waals surface area contributed by atoms with E-state index in [1.165, 1.54) is 11.1 Å². The standard InChI is InChI=1S/C31H23N3O4/c35-29-17-25(24-12-6-7-13-26(24)32-29)31(37)38-19-30(36)34-28(21-9-2-1-3-10-21)18-27(33-34)23-15-14-20-8-4-5-11-22(20)16-23/h1-17,28H,18-19H2,(H,32,35). The molecule has 0 fully saturated rings. The second-order valence-corrected chi connectivity index (χ2v) is 9.15. The summed E-state index contributed by atoms with van der Waals surface area (Å²) >= 11 is 0. The number of rotatable bonds is 5. The van der Waals surface area contributed by atoms with Crippen molar-refractivity contribution in [2.24, 2.45) is 5.10 Å². The van der Waals surface area contributed by atoms with Crippen molar-refractivity contribution < 1.29 is 14.3 Å². The Hall–Kier alpha value is -5.04. The molecule has 1 aromatic heterocycles. The number of amides is 1. The average molecular weight is 502 g/mol. The molecule has 7 nitrogen and oxygen atoms in total. The van der Waals surface area contributed by atoms with Gasteiger partial charge in [0.25, 0.3) is 5.91 Å². The largest absolute Gasteiger partial charge is 0.452 e. The number of para-hydroxylation sites is 1. The molecule has 4 aromatic carbocycles. The van der Waals surface area contributed by atoms with Crippen LogP contribution in [0.5, 0.6) is 0 Å². The second kappa shape index (κ2) is 9.78. The van der Waals surface area contributed by atoms with Gasteiger partial charge < -0.3 is 9.72 Å². The van der Waals surface area contributed by atoms with E-state index in [1.54, 1.807) is 24.3 Å². The molecule has 0 spiro atoms. The maximum atomic E-state index is 13.4. The van der Waals surface area contributed by atoms with Crippen molar-refractivity contribution in [3.63, 3.8) is 0 Å². The molecule has 1 N–H and O–H groups in total. The minimum atomic E-state index is -0.741. The molecule has 7 heteroatoms. The Balaban J connectivity index is 1.27. The zero-order valence-corrected chi connectivity index (χ0v) is 20.3. The van der Waals surface area contributed by atoms with Crippen molar-refractivity contribution in [3.05, 3.63) is 130 Å². The number of nitrogens with one attached hydrogen (secondary N) is 1. The summed E-state index contributed by atoms with van der Waals surface area (Å²) in [5.74, 6) is -1.19. The average Bonchev–Trinajstić information content (AvgIpc) is 3.41. The number of H-pyrrole nitrogens is 1. The second-order valence-electron chi connectivity index (χ2n) is 9.15. The van der Waals surface area contributed by atoms with Crippen LogP contribution in [0.25, 0.3) is 21.7 Å². The molecule has 1 amide bonds. The molecule has 1 atom stereocenters. The van der Waals surface area contributed by atoms with Crippen LogP contribution in [0.4, 0.5) is 0 Å². The summed E-state index contributed by atoms with van der Waals surface area (Å²) in [4.78, 5) is 41.0. The van der Waals surface area contributed by atoms with Crippen molar-refractivity contribution in [1.29, 1.82) is 0 Å². The number of carbonyl (C=O) groups excluding carboxylic acids is 2. The Morgan fingerprint density at radius 2 is 1.61 bits per heavy atom. The molecule has 2 heterocycles. The van der Waals surface area contributed by atoms with Crippen LogP contribution in [-0.2, 0) is 9.53 Å². The van der Waals surface area contributed by atoms with Gasteiger partial charge in [-0.15, -0.1) is 0 Å². The van der Waals surface area contributed by atoms with E-state index in [1.807, 2.05) is 60.7 Å². The van der Waals surface area contributed by atoms with Gasteiger partial charge in [0, 0.05) is 23.4 Å². The fraction of sp³-hybridized carbons (Fsp3) is 0.0968. The molecule has 5 aromatic rings. The van der Waals surface area contributed by atoms with Gasteiger partial charge in [0.2, 0.25) is 5.56 Å². The Kier molecular flexibility index (Phi) is 6.01. The molecule has 6 rings (SSSR count). The number of carbonyl (C=O) groups is 2. The third-order valence-electron chi connectivity index (χ3n) is 6.73. The molecular formula is C31H23N3O4. The third-order valence-corrected chi connectivity index (χ3v) is 6.73. The summed E-state index contributed by atoms with van der Waals surface area (Å²) in [7, 11) is 0. The lowest BCUT2D eigenvalue weighted by atomic mass is 9.97. The first-order valence-corrected chi connectivity index (χ1v) is 12.3. The van der Waals surface area contributed by atoms with Crippen molar-refractivity contribution in [3.8, 4) is 0 Å². The number of fused-ring (bicyclic) bond motifs is 2. The lowest BCUT2D eigenvalue weighted by molar-refractivity contribution is -0.136. The molecule has 1 unspecified atom stereocenters. The highest BCUT2D eigenvalue weighted by Gasteiger charge is 2.33. The van der Waals surface area contributed by atoms with Crippen LogP contribution in [0.1, 0.15) is 33.9 Å². The van der Waals surface area contributed by atoms with E-state index in [-0.39, 0.29) is 11.6 Å². The smallest absolute Gasteiger partial charge is 0.339 e. The number of hydrogen-bond donors (Lipinski definition) is 1. The Morgan fingerprint density at radius 1 is 0.868 bits per heavy atom. The number of aromatic nitrogens is 1. The maximum absolute atomic E-state index is 13.4. The van der Waals surface area contributed by atoms with Crippen LogP contribution in [0.15, 0.2) is 113 Å². The Labute approximate surface area is 218 Å². The van der Waals surface area contributed by atoms with Crippen LogP contribution in [0.3, 0.4) is 0 Å². The predicted molar refractivity (Wildman–Crippen MR) is 146 cm³/mol. The lowest BCUT2D eigenvalue weighted by Gasteiger charge is -2.22. The molecule has 0 aliphatic carbocycles. The molecule has 0 radical (unpaired) electrons. The number of nitrogens with zero attached hydrogens (tertiary/aromatic N) is 2. The van der Waals surface area contributed by atoms with Gasteiger partial charge in [0.1, 0.15) is 0 Å². The number of ether oxygens (including phenoxy) is 1. The zero-order valence-electron chi connectivity index (χ0n) is 20.3. The number of benzene rings is 4. The minimum absolute atomic E-state index is 0.110. The first-order chi connectivity index (χ1) is 18.6. The summed E-state index contributed by atoms with van der Waals surface area (Å²) in [6, 6.07) is 31.7. The van der Waals surface area contributed by atoms with E-state index in [0.29, 0.717) is 17.3 Å². The van der Waals surface area contributed by atoms with Gasteiger partial charge >= 0.3 is 5.97 Å². The molecule has 1 aliphatic heterocycles. The fourth-order valence-electron chi connectivity index (χ4n) is 4.86. The predicted octanol–water partition coefficient (Wildman–Crippen LogP) is 5.22. The van der Waals surface area contributed by atoms with Crippen molar-refractivity contribution in [1.82, 2.24) is 9.99 Å². The van der Waals surface area contributed by atoms with Gasteiger partial charge in [-0.2, -0.15) is 5.10 Å². The lowest BCUT2D eigenvalue weighted by Crippen LogP contribution is -2.31. The molecule has 0 saturated heterocycles. The number of pyridine rings is 1. The van der Waals surface area contributed by atoms with Gasteiger partial charge in [-0.25, -0.2) is 9.80 Å². The molecule has 186 valence electrons. The van der Waals surface area contributed by atoms with Gasteiger partial charge in [0.05, 0.1) is 17.3 Å². The molecule has 0 bridgehead atoms. The van der Waals surface area contributed by atoms with Crippen molar-refractivity contribution in [2.75, 3.05) is 6.61 Å². The summed E-state index contributed by atoms with van der Waals surface area (Å²) < 4.78 is 5.40. The fourth-order valence-corrected chi connectivity index (χ4v) is 4.86. The van der Waals surface area contributed by atoms with Crippen LogP contribution in [0.2, 0.25) is 0 Å². The number of hydrogen-bond acceptors (Lipinski definition) is 5. The summed E-state index contributed by atoms with van der Waals surface area (Å²) in [5.41, 5.74) is 2.87. The molecule has 1 aliphatic rings. The number of hydrazone groups is 1. The van der Waals surface area contributed by atoms with Gasteiger partial charge in [-0.05, 0) is 34.0 Å². The highest BCUT2D eigenvalue weighted by Crippen LogP contribution is 2.33. The summed E-state index contributed by atoms with van der Waals surface area (Å²) in [5, 5.41) is 8.86. The van der Waals surface area contributed by atoms with Gasteiger partial charge in [-0.3, -0.25) is 9.59 Å². The van der Waals surface area contributed by atoms with Crippen LogP contribution < -0.4 is 5.56 Å². The molecule has 38 heavy (non-hydrogen) atoms. The number of esters is 1. The maximum Gasteiger partial charge on any atom is 0.339 e. The monoisotopic (exact) mass is 501 g/mol. The highest BCUT2D eigenvalue weighted by molar-refractivity contribution is 6.06. The number of aromatic amines is 1. The normalized spacial score (nSPS) is 15.0. The first-order valence-electron chi connectivity index (χ1n) is 12.3. The first kappa shape index (κ1) is 23.4. The van der Waals surface area contributed by atoms with Gasteiger partial charge in [-0.1, -0.05) is 84.9 Å². The van der Waals surface area contributed by atoms with E-state index in [4.69, 9.17) is 9.84 Å². The SMILES string of the molecule is O=C(OCC(=O)N1N=C(c2ccc3ccccc3c2)CC1c1ccccc1)c1cc(=O)[nH]c2ccccc12. The van der Waals surface area contributed by atoms with E-state index in [9.17, 15) is 14.4 Å². The van der Waals surface area contributed by atoms with E-state index < -0.39 is 24.0 Å². The van der Waals surface area contributed by atoms with Crippen LogP contribution >= 0.6 is 0 Å². The summed E-state index contributed by atoms with van der Waals surface area (Å²) in [6.45, 7) is -0.502. The molecule has 0 saturated carbocycles. The van der Waals surface area contributed by atoms with E-state index in [0.717, 1.165) is 27.6 Å². The van der Waals surface area contributed by atoms with Gasteiger partial charge in [0.15, 0.2) is 6.61 Å². The summed E-state index contributed by atoms with van der Waals surface area (Å²) in [6.07, 6.45) is 0.529. The zero-order chi connectivity index (χ0) is 26.1. The quantitative estimate of drug-likeness (QED) is 0.335. The van der Waals surface area contributed by atoms with Crippen molar-refractivity contribution >= 4 is 39.3 Å². The Bertz CT molecular complexity index is 1780. The van der Waals surface area contributed by atoms with Crippen LogP contribution in [-0.4, -0.2) is 34.2 Å². The third kappa shape index (κ3) is 4.46. The highest BCUT2D eigenvalue weighted by atomic mass is 16.5. The van der Waals surface area contributed by atoms with E-state index in [2.05, 4.69) is 17.1 Å². The van der Waals surface area contributed by atoms with E-state index >= 15 is 0 Å². The minimum Gasteiger partial charge on any atom is -0.452 e. The Morgan fingerprint density at radius 3 is 2.45 bits per heavy atom. The topological polar surface area (TPSA) is 91.8 Å². The van der Waals surface area contributed by atoms with Crippen molar-refractivity contribution in [2.45, 2.75) is 12.5 Å².